The second kappa shape index (κ2) is 6.41. The van der Waals surface area contributed by atoms with Crippen molar-refractivity contribution < 1.29 is 4.79 Å². The molecule has 2 bridgehead atoms. The van der Waals surface area contributed by atoms with Gasteiger partial charge in [-0.1, -0.05) is 19.8 Å². The van der Waals surface area contributed by atoms with Crippen LogP contribution in [-0.2, 0) is 0 Å². The number of nitrogens with one attached hydrogen (secondary N) is 2. The van der Waals surface area contributed by atoms with Crippen molar-refractivity contribution in [3.8, 4) is 0 Å². The van der Waals surface area contributed by atoms with Crippen LogP contribution in [0.25, 0.3) is 0 Å². The van der Waals surface area contributed by atoms with Gasteiger partial charge in [0.15, 0.2) is 0 Å². The fourth-order valence-electron chi connectivity index (χ4n) is 3.35. The number of carbonyl (C=O) groups excluding carboxylic acids is 1. The van der Waals surface area contributed by atoms with E-state index in [0.29, 0.717) is 18.1 Å². The molecule has 18 heavy (non-hydrogen) atoms. The fourth-order valence-corrected chi connectivity index (χ4v) is 3.35. The van der Waals surface area contributed by atoms with Crippen molar-refractivity contribution in [1.82, 2.24) is 15.5 Å². The zero-order valence-corrected chi connectivity index (χ0v) is 11.7. The number of urea groups is 1. The van der Waals surface area contributed by atoms with E-state index in [1.54, 1.807) is 0 Å². The first kappa shape index (κ1) is 13.7. The van der Waals surface area contributed by atoms with Crippen molar-refractivity contribution in [2.75, 3.05) is 13.6 Å². The summed E-state index contributed by atoms with van der Waals surface area (Å²) in [5.74, 6) is 0. The highest BCUT2D eigenvalue weighted by molar-refractivity contribution is 5.74. The molecular formula is C14H27N3O. The molecule has 0 aliphatic carbocycles. The normalized spacial score (nSPS) is 32.0. The van der Waals surface area contributed by atoms with Crippen LogP contribution in [0.2, 0.25) is 0 Å². The van der Waals surface area contributed by atoms with Gasteiger partial charge in [-0.05, 0) is 39.2 Å². The Morgan fingerprint density at radius 2 is 1.94 bits per heavy atom. The van der Waals surface area contributed by atoms with Crippen LogP contribution in [0.3, 0.4) is 0 Å². The van der Waals surface area contributed by atoms with E-state index in [0.717, 1.165) is 32.2 Å². The first-order valence-corrected chi connectivity index (χ1v) is 7.47. The lowest BCUT2D eigenvalue weighted by molar-refractivity contribution is 0.0509. The molecule has 0 aromatic carbocycles. The van der Waals surface area contributed by atoms with Crippen LogP contribution in [-0.4, -0.2) is 42.6 Å². The Morgan fingerprint density at radius 1 is 1.28 bits per heavy atom. The molecule has 4 nitrogen and oxygen atoms in total. The van der Waals surface area contributed by atoms with Gasteiger partial charge in [0.2, 0.25) is 0 Å². The molecule has 2 aliphatic heterocycles. The molecular weight excluding hydrogens is 226 g/mol. The molecule has 104 valence electrons. The highest BCUT2D eigenvalue weighted by Gasteiger charge is 2.36. The van der Waals surface area contributed by atoms with Crippen molar-refractivity contribution in [3.05, 3.63) is 0 Å². The molecule has 2 unspecified atom stereocenters. The summed E-state index contributed by atoms with van der Waals surface area (Å²) in [6.07, 6.45) is 8.37. The molecule has 2 N–H and O–H groups in total. The lowest BCUT2D eigenvalue weighted by atomic mass is 9.82. The van der Waals surface area contributed by atoms with E-state index in [-0.39, 0.29) is 6.03 Å². The van der Waals surface area contributed by atoms with Crippen molar-refractivity contribution in [3.63, 3.8) is 0 Å². The predicted molar refractivity (Wildman–Crippen MR) is 73.7 cm³/mol. The first-order valence-electron chi connectivity index (χ1n) is 7.47. The largest absolute Gasteiger partial charge is 0.338 e. The minimum Gasteiger partial charge on any atom is -0.338 e. The quantitative estimate of drug-likeness (QED) is 0.754. The Morgan fingerprint density at radius 3 is 2.56 bits per heavy atom. The molecule has 2 aliphatic rings. The van der Waals surface area contributed by atoms with Gasteiger partial charge in [-0.3, -0.25) is 0 Å². The number of amides is 2. The summed E-state index contributed by atoms with van der Waals surface area (Å²) >= 11 is 0. The molecule has 2 rings (SSSR count). The maximum absolute atomic E-state index is 11.8. The molecule has 2 saturated heterocycles. The number of piperidine rings is 2. The van der Waals surface area contributed by atoms with Gasteiger partial charge in [-0.15, -0.1) is 0 Å². The molecule has 2 fully saturated rings. The van der Waals surface area contributed by atoms with Crippen molar-refractivity contribution in [2.45, 2.75) is 70.0 Å². The van der Waals surface area contributed by atoms with E-state index in [4.69, 9.17) is 0 Å². The topological polar surface area (TPSA) is 44.4 Å². The Labute approximate surface area is 110 Å². The summed E-state index contributed by atoms with van der Waals surface area (Å²) in [5, 5.41) is 6.09. The maximum Gasteiger partial charge on any atom is 0.315 e. The third-order valence-electron chi connectivity index (χ3n) is 4.49. The minimum atomic E-state index is 0.0241. The average molecular weight is 253 g/mol. The highest BCUT2D eigenvalue weighted by Crippen LogP contribution is 2.32. The number of nitrogens with zero attached hydrogens (tertiary/aromatic N) is 1. The summed E-state index contributed by atoms with van der Waals surface area (Å²) in [7, 11) is 2.24. The van der Waals surface area contributed by atoms with Gasteiger partial charge in [-0.2, -0.15) is 0 Å². The summed E-state index contributed by atoms with van der Waals surface area (Å²) in [6, 6.07) is 1.76. The zero-order valence-electron chi connectivity index (χ0n) is 11.7. The molecule has 4 heteroatoms. The van der Waals surface area contributed by atoms with Crippen LogP contribution >= 0.6 is 0 Å². The Bertz CT molecular complexity index is 268. The van der Waals surface area contributed by atoms with E-state index in [1.165, 1.54) is 19.3 Å². The monoisotopic (exact) mass is 253 g/mol. The number of fused-ring (bicyclic) bond motifs is 2. The standard InChI is InChI=1S/C14H27N3O/c1-3-4-8-15-14(18)16-11-9-12-6-5-7-13(10-11)17(12)2/h11-13H,3-10H2,1-2H3,(H2,15,16,18). The predicted octanol–water partition coefficient (Wildman–Crippen LogP) is 2.10. The third kappa shape index (κ3) is 3.37. The number of rotatable bonds is 4. The van der Waals surface area contributed by atoms with Gasteiger partial charge in [0.05, 0.1) is 0 Å². The van der Waals surface area contributed by atoms with Crippen LogP contribution in [0.1, 0.15) is 51.9 Å². The molecule has 0 aromatic heterocycles. The van der Waals surface area contributed by atoms with Gasteiger partial charge >= 0.3 is 6.03 Å². The number of hydrogen-bond donors (Lipinski definition) is 2. The van der Waals surface area contributed by atoms with E-state index in [9.17, 15) is 4.79 Å². The molecule has 0 saturated carbocycles. The molecule has 0 radical (unpaired) electrons. The molecule has 2 heterocycles. The lowest BCUT2D eigenvalue weighted by Gasteiger charge is -2.47. The van der Waals surface area contributed by atoms with Crippen molar-refractivity contribution in [2.24, 2.45) is 0 Å². The van der Waals surface area contributed by atoms with Crippen LogP contribution < -0.4 is 10.6 Å². The van der Waals surface area contributed by atoms with Crippen LogP contribution in [0.4, 0.5) is 4.79 Å². The summed E-state index contributed by atoms with van der Waals surface area (Å²) in [5.41, 5.74) is 0. The second-order valence-electron chi connectivity index (χ2n) is 5.83. The van der Waals surface area contributed by atoms with Crippen LogP contribution in [0, 0.1) is 0 Å². The Kier molecular flexibility index (Phi) is 4.87. The van der Waals surface area contributed by atoms with E-state index < -0.39 is 0 Å². The van der Waals surface area contributed by atoms with Crippen molar-refractivity contribution >= 4 is 6.03 Å². The van der Waals surface area contributed by atoms with Crippen LogP contribution in [0.5, 0.6) is 0 Å². The summed E-state index contributed by atoms with van der Waals surface area (Å²) in [6.45, 7) is 2.93. The van der Waals surface area contributed by atoms with Gasteiger partial charge < -0.3 is 15.5 Å². The minimum absolute atomic E-state index is 0.0241. The lowest BCUT2D eigenvalue weighted by Crippen LogP contribution is -2.56. The Hall–Kier alpha value is -0.770. The number of hydrogen-bond acceptors (Lipinski definition) is 2. The summed E-state index contributed by atoms with van der Waals surface area (Å²) in [4.78, 5) is 14.3. The fraction of sp³-hybridized carbons (Fsp3) is 0.929. The first-order chi connectivity index (χ1) is 8.70. The Balaban J connectivity index is 1.75. The summed E-state index contributed by atoms with van der Waals surface area (Å²) < 4.78 is 0. The third-order valence-corrected chi connectivity index (χ3v) is 4.49. The van der Waals surface area contributed by atoms with E-state index in [2.05, 4.69) is 29.5 Å². The van der Waals surface area contributed by atoms with Gasteiger partial charge in [0, 0.05) is 24.7 Å². The smallest absolute Gasteiger partial charge is 0.315 e. The van der Waals surface area contributed by atoms with Gasteiger partial charge in [0.1, 0.15) is 0 Å². The molecule has 2 amide bonds. The average Bonchev–Trinajstić information content (AvgIpc) is 2.31. The van der Waals surface area contributed by atoms with Gasteiger partial charge in [0.25, 0.3) is 0 Å². The van der Waals surface area contributed by atoms with E-state index in [1.807, 2.05) is 0 Å². The SMILES string of the molecule is CCCCNC(=O)NC1CC2CCCC(C1)N2C. The second-order valence-corrected chi connectivity index (χ2v) is 5.83. The van der Waals surface area contributed by atoms with Gasteiger partial charge in [-0.25, -0.2) is 4.79 Å². The number of unbranched alkanes of at least 4 members (excludes halogenated alkanes) is 1. The van der Waals surface area contributed by atoms with E-state index >= 15 is 0 Å². The molecule has 0 spiro atoms. The molecule has 0 aromatic rings. The van der Waals surface area contributed by atoms with Crippen molar-refractivity contribution in [1.29, 1.82) is 0 Å². The molecule has 2 atom stereocenters. The zero-order chi connectivity index (χ0) is 13.0. The maximum atomic E-state index is 11.8. The number of carbonyl (C=O) groups is 1. The highest BCUT2D eigenvalue weighted by atomic mass is 16.2. The van der Waals surface area contributed by atoms with Crippen LogP contribution in [0.15, 0.2) is 0 Å².